The Hall–Kier alpha value is -1.24. The predicted octanol–water partition coefficient (Wildman–Crippen LogP) is 0.852. The van der Waals surface area contributed by atoms with Gasteiger partial charge in [0.25, 0.3) is 0 Å². The number of amides is 1. The predicted molar refractivity (Wildman–Crippen MR) is 58.4 cm³/mol. The fourth-order valence-electron chi connectivity index (χ4n) is 1.34. The van der Waals surface area contributed by atoms with Crippen LogP contribution >= 0.6 is 0 Å². The summed E-state index contributed by atoms with van der Waals surface area (Å²) in [4.78, 5) is 11.8. The van der Waals surface area contributed by atoms with Crippen molar-refractivity contribution < 1.29 is 18.3 Å². The third kappa shape index (κ3) is 2.29. The van der Waals surface area contributed by atoms with Gasteiger partial charge in [-0.25, -0.2) is 4.21 Å². The number of nitrogens with one attached hydrogen (secondary N) is 1. The van der Waals surface area contributed by atoms with E-state index in [-0.39, 0.29) is 16.7 Å². The summed E-state index contributed by atoms with van der Waals surface area (Å²) in [5.41, 5.74) is 0.375. The average molecular weight is 241 g/mol. The Morgan fingerprint density at radius 3 is 2.69 bits per heavy atom. The van der Waals surface area contributed by atoms with Crippen molar-refractivity contribution in [2.45, 2.75) is 4.90 Å². The molecule has 1 heterocycles. The first-order chi connectivity index (χ1) is 7.68. The number of para-hydroxylation sites is 1. The van der Waals surface area contributed by atoms with Crippen LogP contribution in [0.25, 0.3) is 0 Å². The molecular formula is C10H11NO4S. The van der Waals surface area contributed by atoms with E-state index < -0.39 is 11.1 Å². The Bertz CT molecular complexity index is 431. The molecule has 0 bridgehead atoms. The van der Waals surface area contributed by atoms with Crippen LogP contribution in [0.2, 0.25) is 0 Å². The highest BCUT2D eigenvalue weighted by Crippen LogP contribution is 2.20. The lowest BCUT2D eigenvalue weighted by atomic mass is 10.1. The Morgan fingerprint density at radius 1 is 1.44 bits per heavy atom. The summed E-state index contributed by atoms with van der Waals surface area (Å²) >= 11 is -2.10. The molecule has 1 aliphatic heterocycles. The Morgan fingerprint density at radius 2 is 2.12 bits per heavy atom. The van der Waals surface area contributed by atoms with E-state index in [0.717, 1.165) is 0 Å². The minimum Gasteiger partial charge on any atom is -0.380 e. The number of carbonyl (C=O) groups is 1. The van der Waals surface area contributed by atoms with Crippen molar-refractivity contribution in [1.29, 1.82) is 0 Å². The second-order valence-electron chi connectivity index (χ2n) is 3.47. The topological polar surface area (TPSA) is 75.6 Å². The van der Waals surface area contributed by atoms with Crippen molar-refractivity contribution in [3.8, 4) is 0 Å². The van der Waals surface area contributed by atoms with Crippen LogP contribution in [-0.4, -0.2) is 27.9 Å². The van der Waals surface area contributed by atoms with Crippen molar-refractivity contribution in [2.24, 2.45) is 5.92 Å². The number of carbonyl (C=O) groups excluding carboxylic acids is 1. The zero-order chi connectivity index (χ0) is 11.5. The zero-order valence-electron chi connectivity index (χ0n) is 8.38. The molecule has 1 atom stereocenters. The van der Waals surface area contributed by atoms with Crippen molar-refractivity contribution >= 4 is 22.7 Å². The molecule has 5 nitrogen and oxygen atoms in total. The van der Waals surface area contributed by atoms with Gasteiger partial charge in [0.2, 0.25) is 5.91 Å². The summed E-state index contributed by atoms with van der Waals surface area (Å²) in [6, 6.07) is 6.44. The van der Waals surface area contributed by atoms with E-state index in [1.165, 1.54) is 6.07 Å². The molecule has 0 saturated carbocycles. The van der Waals surface area contributed by atoms with E-state index in [1.807, 2.05) is 0 Å². The van der Waals surface area contributed by atoms with Gasteiger partial charge in [0.15, 0.2) is 11.1 Å². The molecule has 1 aliphatic rings. The van der Waals surface area contributed by atoms with Crippen molar-refractivity contribution in [2.75, 3.05) is 18.5 Å². The highest BCUT2D eigenvalue weighted by molar-refractivity contribution is 7.79. The molecule has 1 unspecified atom stereocenters. The van der Waals surface area contributed by atoms with E-state index in [9.17, 15) is 9.00 Å². The van der Waals surface area contributed by atoms with Gasteiger partial charge < -0.3 is 14.6 Å². The molecule has 2 rings (SSSR count). The summed E-state index contributed by atoms with van der Waals surface area (Å²) in [7, 11) is 0. The number of hydrogen-bond donors (Lipinski definition) is 2. The molecule has 2 N–H and O–H groups in total. The van der Waals surface area contributed by atoms with Crippen LogP contribution in [0.5, 0.6) is 0 Å². The van der Waals surface area contributed by atoms with Gasteiger partial charge in [-0.15, -0.1) is 0 Å². The molecule has 6 heteroatoms. The Labute approximate surface area is 95.1 Å². The van der Waals surface area contributed by atoms with Crippen molar-refractivity contribution in [1.82, 2.24) is 0 Å². The van der Waals surface area contributed by atoms with Gasteiger partial charge in [-0.2, -0.15) is 0 Å². The van der Waals surface area contributed by atoms with Gasteiger partial charge >= 0.3 is 0 Å². The van der Waals surface area contributed by atoms with E-state index in [2.05, 4.69) is 5.32 Å². The quantitative estimate of drug-likeness (QED) is 0.769. The van der Waals surface area contributed by atoms with Crippen LogP contribution in [-0.2, 0) is 20.6 Å². The second-order valence-corrected chi connectivity index (χ2v) is 4.41. The molecule has 0 radical (unpaired) electrons. The minimum atomic E-state index is -2.10. The highest BCUT2D eigenvalue weighted by Gasteiger charge is 2.27. The van der Waals surface area contributed by atoms with Crippen LogP contribution in [0.15, 0.2) is 29.2 Å². The fourth-order valence-corrected chi connectivity index (χ4v) is 1.85. The van der Waals surface area contributed by atoms with Crippen molar-refractivity contribution in [3.05, 3.63) is 24.3 Å². The summed E-state index contributed by atoms with van der Waals surface area (Å²) in [6.07, 6.45) is 0. The third-order valence-corrected chi connectivity index (χ3v) is 3.07. The SMILES string of the molecule is O=C(Nc1ccccc1S(=O)O)C1COC1. The molecule has 1 fully saturated rings. The maximum absolute atomic E-state index is 11.6. The molecule has 1 aromatic rings. The lowest BCUT2D eigenvalue weighted by Gasteiger charge is -2.24. The lowest BCUT2D eigenvalue weighted by Crippen LogP contribution is -2.38. The van der Waals surface area contributed by atoms with E-state index >= 15 is 0 Å². The van der Waals surface area contributed by atoms with Crippen LogP contribution in [0, 0.1) is 5.92 Å². The number of rotatable bonds is 3. The van der Waals surface area contributed by atoms with Gasteiger partial charge in [0.05, 0.1) is 29.7 Å². The summed E-state index contributed by atoms with van der Waals surface area (Å²) in [5, 5.41) is 2.62. The lowest BCUT2D eigenvalue weighted by molar-refractivity contribution is -0.133. The standard InChI is InChI=1S/C10H11NO4S/c12-10(7-5-15-6-7)11-8-3-1-2-4-9(8)16(13)14/h1-4,7H,5-6H2,(H,11,12)(H,13,14). The van der Waals surface area contributed by atoms with Gasteiger partial charge in [0.1, 0.15) is 0 Å². The summed E-state index contributed by atoms with van der Waals surface area (Å²) in [5.74, 6) is -0.329. The average Bonchev–Trinajstić information content (AvgIpc) is 2.15. The van der Waals surface area contributed by atoms with Gasteiger partial charge in [0, 0.05) is 0 Å². The van der Waals surface area contributed by atoms with E-state index in [0.29, 0.717) is 18.9 Å². The van der Waals surface area contributed by atoms with Gasteiger partial charge in [-0.05, 0) is 12.1 Å². The van der Waals surface area contributed by atoms with Crippen LogP contribution in [0.4, 0.5) is 5.69 Å². The summed E-state index contributed by atoms with van der Waals surface area (Å²) in [6.45, 7) is 0.826. The number of anilines is 1. The van der Waals surface area contributed by atoms with Gasteiger partial charge in [-0.3, -0.25) is 4.79 Å². The van der Waals surface area contributed by atoms with Crippen LogP contribution in [0.1, 0.15) is 0 Å². The molecular weight excluding hydrogens is 230 g/mol. The molecule has 1 saturated heterocycles. The highest BCUT2D eigenvalue weighted by atomic mass is 32.2. The maximum Gasteiger partial charge on any atom is 0.232 e. The van der Waals surface area contributed by atoms with E-state index in [4.69, 9.17) is 9.29 Å². The fraction of sp³-hybridized carbons (Fsp3) is 0.300. The molecule has 0 spiro atoms. The van der Waals surface area contributed by atoms with Crippen molar-refractivity contribution in [3.63, 3.8) is 0 Å². The monoisotopic (exact) mass is 241 g/mol. The molecule has 86 valence electrons. The minimum absolute atomic E-state index is 0.153. The molecule has 0 aromatic heterocycles. The third-order valence-electron chi connectivity index (χ3n) is 2.34. The normalized spacial score (nSPS) is 17.6. The first-order valence-electron chi connectivity index (χ1n) is 4.77. The molecule has 16 heavy (non-hydrogen) atoms. The Balaban J connectivity index is 2.13. The zero-order valence-corrected chi connectivity index (χ0v) is 9.20. The largest absolute Gasteiger partial charge is 0.380 e. The molecule has 0 aliphatic carbocycles. The first-order valence-corrected chi connectivity index (χ1v) is 5.87. The smallest absolute Gasteiger partial charge is 0.232 e. The maximum atomic E-state index is 11.6. The van der Waals surface area contributed by atoms with Crippen LogP contribution in [0.3, 0.4) is 0 Å². The molecule has 1 amide bonds. The molecule has 1 aromatic carbocycles. The summed E-state index contributed by atoms with van der Waals surface area (Å²) < 4.78 is 24.9. The first kappa shape index (κ1) is 11.3. The van der Waals surface area contributed by atoms with Crippen LogP contribution < -0.4 is 5.32 Å². The number of benzene rings is 1. The second kappa shape index (κ2) is 4.73. The van der Waals surface area contributed by atoms with Gasteiger partial charge in [-0.1, -0.05) is 12.1 Å². The number of ether oxygens (including phenoxy) is 1. The Kier molecular flexibility index (Phi) is 3.33. The number of hydrogen-bond acceptors (Lipinski definition) is 3. The van der Waals surface area contributed by atoms with E-state index in [1.54, 1.807) is 18.2 Å².